The van der Waals surface area contributed by atoms with E-state index in [0.717, 1.165) is 46.8 Å². The largest absolute Gasteiger partial charge is 0.454 e. The number of pyridine rings is 1. The predicted octanol–water partition coefficient (Wildman–Crippen LogP) is 3.55. The molecule has 0 atom stereocenters. The van der Waals surface area contributed by atoms with E-state index in [4.69, 9.17) is 14.5 Å². The molecule has 0 saturated carbocycles. The third-order valence-corrected chi connectivity index (χ3v) is 3.90. The Hall–Kier alpha value is -2.56. The van der Waals surface area contributed by atoms with Crippen LogP contribution in [0.3, 0.4) is 0 Å². The van der Waals surface area contributed by atoms with Crippen molar-refractivity contribution >= 4 is 11.0 Å². The molecule has 0 unspecified atom stereocenters. The van der Waals surface area contributed by atoms with Crippen molar-refractivity contribution in [2.45, 2.75) is 26.8 Å². The lowest BCUT2D eigenvalue weighted by Gasteiger charge is -2.08. The highest BCUT2D eigenvalue weighted by Crippen LogP contribution is 2.41. The number of nitrogens with zero attached hydrogens (tertiary/aromatic N) is 3. The lowest BCUT2D eigenvalue weighted by Crippen LogP contribution is -2.00. The maximum atomic E-state index is 5.60. The number of aromatic nitrogens is 3. The number of ether oxygens (including phenoxy) is 2. The van der Waals surface area contributed by atoms with Gasteiger partial charge in [0.15, 0.2) is 11.5 Å². The van der Waals surface area contributed by atoms with Crippen LogP contribution in [-0.4, -0.2) is 21.6 Å². The third-order valence-electron chi connectivity index (χ3n) is 3.90. The summed E-state index contributed by atoms with van der Waals surface area (Å²) in [6, 6.07) is 7.98. The Morgan fingerprint density at radius 3 is 3.05 bits per heavy atom. The number of hydrogen-bond donors (Lipinski definition) is 0. The second-order valence-corrected chi connectivity index (χ2v) is 5.47. The van der Waals surface area contributed by atoms with Crippen molar-refractivity contribution < 1.29 is 9.47 Å². The molecule has 0 spiro atoms. The molecule has 1 aromatic carbocycles. The van der Waals surface area contributed by atoms with Crippen LogP contribution in [0.2, 0.25) is 0 Å². The molecule has 2 aromatic heterocycles. The SMILES string of the molecule is CCCn1ncc2nc(-c3cccc4c3OCO4)cc(C)c21. The first-order valence-corrected chi connectivity index (χ1v) is 7.50. The fourth-order valence-electron chi connectivity index (χ4n) is 2.95. The van der Waals surface area contributed by atoms with Gasteiger partial charge in [0, 0.05) is 12.1 Å². The smallest absolute Gasteiger partial charge is 0.231 e. The van der Waals surface area contributed by atoms with Gasteiger partial charge < -0.3 is 9.47 Å². The van der Waals surface area contributed by atoms with Crippen molar-refractivity contribution in [1.29, 1.82) is 0 Å². The molecule has 0 aliphatic carbocycles. The van der Waals surface area contributed by atoms with Crippen molar-refractivity contribution in [1.82, 2.24) is 14.8 Å². The average Bonchev–Trinajstić information content (AvgIpc) is 3.14. The fraction of sp³-hybridized carbons (Fsp3) is 0.294. The molecule has 0 radical (unpaired) electrons. The summed E-state index contributed by atoms with van der Waals surface area (Å²) in [5.74, 6) is 1.55. The second-order valence-electron chi connectivity index (χ2n) is 5.47. The topological polar surface area (TPSA) is 49.2 Å². The van der Waals surface area contributed by atoms with E-state index >= 15 is 0 Å². The van der Waals surface area contributed by atoms with Gasteiger partial charge in [-0.15, -0.1) is 0 Å². The standard InChI is InChI=1S/C17H17N3O2/c1-3-7-20-16-11(2)8-13(19-14(16)9-18-20)12-5-4-6-15-17(12)22-10-21-15/h4-6,8-9H,3,7,10H2,1-2H3. The van der Waals surface area contributed by atoms with Gasteiger partial charge in [-0.1, -0.05) is 13.0 Å². The van der Waals surface area contributed by atoms with Crippen molar-refractivity contribution in [2.24, 2.45) is 0 Å². The summed E-state index contributed by atoms with van der Waals surface area (Å²) in [5, 5.41) is 4.45. The Bertz CT molecular complexity index is 854. The Labute approximate surface area is 128 Å². The normalized spacial score (nSPS) is 13.0. The van der Waals surface area contributed by atoms with Crippen molar-refractivity contribution in [2.75, 3.05) is 6.79 Å². The van der Waals surface area contributed by atoms with E-state index in [-0.39, 0.29) is 6.79 Å². The maximum absolute atomic E-state index is 5.60. The number of rotatable bonds is 3. The summed E-state index contributed by atoms with van der Waals surface area (Å²) in [6.45, 7) is 5.42. The molecule has 4 rings (SSSR count). The lowest BCUT2D eigenvalue weighted by atomic mass is 10.1. The van der Waals surface area contributed by atoms with Gasteiger partial charge in [0.05, 0.1) is 17.4 Å². The van der Waals surface area contributed by atoms with E-state index in [2.05, 4.69) is 25.0 Å². The van der Waals surface area contributed by atoms with Gasteiger partial charge in [0.2, 0.25) is 6.79 Å². The zero-order valence-corrected chi connectivity index (χ0v) is 12.7. The van der Waals surface area contributed by atoms with E-state index in [9.17, 15) is 0 Å². The molecule has 22 heavy (non-hydrogen) atoms. The first kappa shape index (κ1) is 13.1. The van der Waals surface area contributed by atoms with Crippen LogP contribution in [0.1, 0.15) is 18.9 Å². The molecule has 112 valence electrons. The van der Waals surface area contributed by atoms with E-state index in [1.807, 2.05) is 29.1 Å². The molecule has 0 saturated heterocycles. The van der Waals surface area contributed by atoms with Gasteiger partial charge in [0.25, 0.3) is 0 Å². The summed E-state index contributed by atoms with van der Waals surface area (Å²) in [5.41, 5.74) is 5.05. The van der Waals surface area contributed by atoms with Crippen LogP contribution in [0, 0.1) is 6.92 Å². The average molecular weight is 295 g/mol. The number of aryl methyl sites for hydroxylation is 2. The van der Waals surface area contributed by atoms with Crippen LogP contribution in [0.25, 0.3) is 22.3 Å². The molecule has 0 fully saturated rings. The molecule has 5 heteroatoms. The number of hydrogen-bond acceptors (Lipinski definition) is 4. The maximum Gasteiger partial charge on any atom is 0.231 e. The Morgan fingerprint density at radius 1 is 1.27 bits per heavy atom. The zero-order chi connectivity index (χ0) is 15.1. The molecule has 5 nitrogen and oxygen atoms in total. The Balaban J connectivity index is 1.89. The van der Waals surface area contributed by atoms with Gasteiger partial charge in [0.1, 0.15) is 5.52 Å². The Kier molecular flexibility index (Phi) is 2.99. The number of fused-ring (bicyclic) bond motifs is 2. The number of para-hydroxylation sites is 1. The van der Waals surface area contributed by atoms with Gasteiger partial charge in [-0.05, 0) is 37.1 Å². The van der Waals surface area contributed by atoms with E-state index in [1.165, 1.54) is 5.56 Å². The van der Waals surface area contributed by atoms with Crippen LogP contribution in [0.15, 0.2) is 30.5 Å². The first-order chi connectivity index (χ1) is 10.8. The molecule has 0 N–H and O–H groups in total. The molecule has 1 aliphatic heterocycles. The highest BCUT2D eigenvalue weighted by Gasteiger charge is 2.20. The third kappa shape index (κ3) is 1.93. The lowest BCUT2D eigenvalue weighted by molar-refractivity contribution is 0.174. The summed E-state index contributed by atoms with van der Waals surface area (Å²) in [6.07, 6.45) is 2.89. The first-order valence-electron chi connectivity index (χ1n) is 7.50. The molecule has 0 amide bonds. The monoisotopic (exact) mass is 295 g/mol. The van der Waals surface area contributed by atoms with Gasteiger partial charge in [-0.25, -0.2) is 4.98 Å². The molecule has 1 aliphatic rings. The number of benzene rings is 1. The summed E-state index contributed by atoms with van der Waals surface area (Å²) >= 11 is 0. The Morgan fingerprint density at radius 2 is 2.18 bits per heavy atom. The van der Waals surface area contributed by atoms with Gasteiger partial charge in [-0.3, -0.25) is 4.68 Å². The summed E-state index contributed by atoms with van der Waals surface area (Å²) in [4.78, 5) is 4.77. The highest BCUT2D eigenvalue weighted by atomic mass is 16.7. The van der Waals surface area contributed by atoms with Gasteiger partial charge >= 0.3 is 0 Å². The van der Waals surface area contributed by atoms with E-state index < -0.39 is 0 Å². The quantitative estimate of drug-likeness (QED) is 0.741. The molecular formula is C17H17N3O2. The van der Waals surface area contributed by atoms with Crippen LogP contribution < -0.4 is 9.47 Å². The van der Waals surface area contributed by atoms with Crippen LogP contribution in [0.4, 0.5) is 0 Å². The van der Waals surface area contributed by atoms with Crippen molar-refractivity contribution in [3.8, 4) is 22.8 Å². The molecule has 3 aromatic rings. The van der Waals surface area contributed by atoms with Gasteiger partial charge in [-0.2, -0.15) is 5.10 Å². The molecular weight excluding hydrogens is 278 g/mol. The fourth-order valence-corrected chi connectivity index (χ4v) is 2.95. The van der Waals surface area contributed by atoms with E-state index in [1.54, 1.807) is 0 Å². The van der Waals surface area contributed by atoms with Crippen LogP contribution in [-0.2, 0) is 6.54 Å². The van der Waals surface area contributed by atoms with Crippen LogP contribution in [0.5, 0.6) is 11.5 Å². The van der Waals surface area contributed by atoms with Crippen LogP contribution >= 0.6 is 0 Å². The van der Waals surface area contributed by atoms with Crippen molar-refractivity contribution in [3.63, 3.8) is 0 Å². The summed E-state index contributed by atoms with van der Waals surface area (Å²) in [7, 11) is 0. The zero-order valence-electron chi connectivity index (χ0n) is 12.7. The second kappa shape index (κ2) is 5.02. The van der Waals surface area contributed by atoms with E-state index in [0.29, 0.717) is 0 Å². The molecule has 0 bridgehead atoms. The summed E-state index contributed by atoms with van der Waals surface area (Å²) < 4.78 is 13.1. The van der Waals surface area contributed by atoms with Crippen molar-refractivity contribution in [3.05, 3.63) is 36.0 Å². The minimum absolute atomic E-state index is 0.266. The molecule has 3 heterocycles. The highest BCUT2D eigenvalue weighted by molar-refractivity contribution is 5.83. The minimum atomic E-state index is 0.266. The predicted molar refractivity (Wildman–Crippen MR) is 84.1 cm³/mol. The minimum Gasteiger partial charge on any atom is -0.454 e.